The fourth-order valence-corrected chi connectivity index (χ4v) is 1.61. The predicted molar refractivity (Wildman–Crippen MR) is 70.5 cm³/mol. The number of carboxylic acids is 1. The molecule has 0 saturated carbocycles. The van der Waals surface area contributed by atoms with E-state index in [4.69, 9.17) is 5.11 Å². The number of aromatic amines is 1. The van der Waals surface area contributed by atoms with Crippen LogP contribution in [0.2, 0.25) is 0 Å². The van der Waals surface area contributed by atoms with Crippen molar-refractivity contribution in [3.8, 4) is 0 Å². The molecule has 0 aliphatic carbocycles. The lowest BCUT2D eigenvalue weighted by molar-refractivity contribution is 0.0697. The van der Waals surface area contributed by atoms with Crippen LogP contribution in [0.25, 0.3) is 0 Å². The molecule has 6 nitrogen and oxygen atoms in total. The molecule has 2 rings (SSSR count). The largest absolute Gasteiger partial charge is 0.478 e. The molecule has 1 aromatic carbocycles. The van der Waals surface area contributed by atoms with Crippen LogP contribution in [0.5, 0.6) is 0 Å². The van der Waals surface area contributed by atoms with E-state index in [1.807, 2.05) is 0 Å². The highest BCUT2D eigenvalue weighted by Crippen LogP contribution is 2.05. The van der Waals surface area contributed by atoms with Crippen LogP contribution in [0, 0.1) is 0 Å². The van der Waals surface area contributed by atoms with Crippen molar-refractivity contribution in [3.63, 3.8) is 0 Å². The van der Waals surface area contributed by atoms with E-state index < -0.39 is 5.97 Å². The van der Waals surface area contributed by atoms with Crippen molar-refractivity contribution in [2.45, 2.75) is 6.42 Å². The van der Waals surface area contributed by atoms with Crippen molar-refractivity contribution >= 4 is 11.8 Å². The van der Waals surface area contributed by atoms with Crippen molar-refractivity contribution in [1.82, 2.24) is 9.97 Å². The molecule has 6 heteroatoms. The summed E-state index contributed by atoms with van der Waals surface area (Å²) in [5.41, 5.74) is 1.08. The number of hydrogen-bond acceptors (Lipinski definition) is 4. The molecular weight excluding hydrogens is 246 g/mol. The van der Waals surface area contributed by atoms with Gasteiger partial charge in [0.05, 0.1) is 11.9 Å². The van der Waals surface area contributed by atoms with Crippen LogP contribution in [-0.4, -0.2) is 27.6 Å². The number of rotatable bonds is 5. The summed E-state index contributed by atoms with van der Waals surface area (Å²) in [6, 6.07) is 8.08. The molecule has 0 atom stereocenters. The minimum atomic E-state index is -0.933. The molecule has 2 aromatic rings. The van der Waals surface area contributed by atoms with Crippen molar-refractivity contribution < 1.29 is 9.90 Å². The molecule has 19 heavy (non-hydrogen) atoms. The summed E-state index contributed by atoms with van der Waals surface area (Å²) >= 11 is 0. The Hall–Kier alpha value is -2.63. The number of carboxylic acid groups (broad SMARTS) is 1. The van der Waals surface area contributed by atoms with E-state index in [1.165, 1.54) is 12.4 Å². The molecule has 0 aliphatic rings. The molecule has 0 bridgehead atoms. The van der Waals surface area contributed by atoms with Gasteiger partial charge in [0.25, 0.3) is 5.56 Å². The van der Waals surface area contributed by atoms with Gasteiger partial charge in [-0.2, -0.15) is 0 Å². The Morgan fingerprint density at radius 2 is 2.05 bits per heavy atom. The smallest absolute Gasteiger partial charge is 0.335 e. The zero-order chi connectivity index (χ0) is 13.7. The van der Waals surface area contributed by atoms with E-state index >= 15 is 0 Å². The first kappa shape index (κ1) is 12.8. The monoisotopic (exact) mass is 259 g/mol. The standard InChI is InChI=1S/C13H13N3O3/c17-12-7-11(15-8-16-12)14-6-5-9-1-3-10(4-2-9)13(18)19/h1-4,7-8H,5-6H2,(H,18,19)(H2,14,15,16,17). The van der Waals surface area contributed by atoms with Crippen molar-refractivity contribution in [3.05, 3.63) is 58.1 Å². The normalized spacial score (nSPS) is 10.1. The molecule has 0 radical (unpaired) electrons. The van der Waals surface area contributed by atoms with Gasteiger partial charge in [-0.25, -0.2) is 9.78 Å². The zero-order valence-electron chi connectivity index (χ0n) is 10.1. The van der Waals surface area contributed by atoms with Crippen LogP contribution >= 0.6 is 0 Å². The summed E-state index contributed by atoms with van der Waals surface area (Å²) in [7, 11) is 0. The fourth-order valence-electron chi connectivity index (χ4n) is 1.61. The van der Waals surface area contributed by atoms with Crippen molar-refractivity contribution in [2.24, 2.45) is 0 Å². The van der Waals surface area contributed by atoms with Crippen LogP contribution < -0.4 is 10.9 Å². The summed E-state index contributed by atoms with van der Waals surface area (Å²) in [5, 5.41) is 11.8. The lowest BCUT2D eigenvalue weighted by Gasteiger charge is -2.05. The first-order valence-corrected chi connectivity index (χ1v) is 5.76. The molecule has 0 fully saturated rings. The van der Waals surface area contributed by atoms with Crippen LogP contribution in [-0.2, 0) is 6.42 Å². The molecule has 0 spiro atoms. The van der Waals surface area contributed by atoms with Gasteiger partial charge in [0.1, 0.15) is 5.82 Å². The third kappa shape index (κ3) is 3.67. The predicted octanol–water partition coefficient (Wildman–Crippen LogP) is 1.12. The van der Waals surface area contributed by atoms with Gasteiger partial charge in [0, 0.05) is 12.6 Å². The Morgan fingerprint density at radius 3 is 2.68 bits per heavy atom. The molecule has 0 unspecified atom stereocenters. The Kier molecular flexibility index (Phi) is 3.92. The second kappa shape index (κ2) is 5.81. The topological polar surface area (TPSA) is 95.1 Å². The number of aromatic carboxylic acids is 1. The van der Waals surface area contributed by atoms with E-state index in [0.29, 0.717) is 18.8 Å². The van der Waals surface area contributed by atoms with Gasteiger partial charge < -0.3 is 15.4 Å². The first-order chi connectivity index (χ1) is 9.15. The number of benzene rings is 1. The minimum Gasteiger partial charge on any atom is -0.478 e. The van der Waals surface area contributed by atoms with Crippen molar-refractivity contribution in [2.75, 3.05) is 11.9 Å². The summed E-state index contributed by atoms with van der Waals surface area (Å²) < 4.78 is 0. The van der Waals surface area contributed by atoms with Gasteiger partial charge in [-0.3, -0.25) is 4.79 Å². The zero-order valence-corrected chi connectivity index (χ0v) is 10.1. The fraction of sp³-hybridized carbons (Fsp3) is 0.154. The van der Waals surface area contributed by atoms with Gasteiger partial charge in [-0.1, -0.05) is 12.1 Å². The van der Waals surface area contributed by atoms with Gasteiger partial charge in [-0.05, 0) is 24.1 Å². The maximum Gasteiger partial charge on any atom is 0.335 e. The van der Waals surface area contributed by atoms with Crippen molar-refractivity contribution in [1.29, 1.82) is 0 Å². The molecule has 0 aliphatic heterocycles. The maximum absolute atomic E-state index is 11.0. The molecule has 3 N–H and O–H groups in total. The molecule has 1 heterocycles. The van der Waals surface area contributed by atoms with Crippen LogP contribution in [0.15, 0.2) is 41.5 Å². The van der Waals surface area contributed by atoms with Gasteiger partial charge in [0.15, 0.2) is 0 Å². The Morgan fingerprint density at radius 1 is 1.32 bits per heavy atom. The molecule has 0 amide bonds. The average molecular weight is 259 g/mol. The number of hydrogen-bond donors (Lipinski definition) is 3. The quantitative estimate of drug-likeness (QED) is 0.748. The Bertz CT molecular complexity index is 620. The van der Waals surface area contributed by atoms with E-state index in [-0.39, 0.29) is 11.1 Å². The highest BCUT2D eigenvalue weighted by Gasteiger charge is 2.01. The third-order valence-corrected chi connectivity index (χ3v) is 2.60. The lowest BCUT2D eigenvalue weighted by Crippen LogP contribution is -2.11. The molecule has 0 saturated heterocycles. The maximum atomic E-state index is 11.0. The third-order valence-electron chi connectivity index (χ3n) is 2.60. The van der Waals surface area contributed by atoms with Crippen LogP contribution in [0.1, 0.15) is 15.9 Å². The summed E-state index contributed by atoms with van der Waals surface area (Å²) in [4.78, 5) is 28.1. The van der Waals surface area contributed by atoms with Crippen LogP contribution in [0.3, 0.4) is 0 Å². The molecule has 1 aromatic heterocycles. The number of aromatic nitrogens is 2. The van der Waals surface area contributed by atoms with E-state index in [1.54, 1.807) is 24.3 Å². The number of anilines is 1. The highest BCUT2D eigenvalue weighted by molar-refractivity contribution is 5.87. The van der Waals surface area contributed by atoms with Gasteiger partial charge in [-0.15, -0.1) is 0 Å². The molecule has 98 valence electrons. The Balaban J connectivity index is 1.89. The second-order valence-electron chi connectivity index (χ2n) is 3.98. The van der Waals surface area contributed by atoms with Gasteiger partial charge >= 0.3 is 5.97 Å². The first-order valence-electron chi connectivity index (χ1n) is 5.76. The average Bonchev–Trinajstić information content (AvgIpc) is 2.39. The minimum absolute atomic E-state index is 0.205. The summed E-state index contributed by atoms with van der Waals surface area (Å²) in [6.07, 6.45) is 2.06. The second-order valence-corrected chi connectivity index (χ2v) is 3.98. The summed E-state index contributed by atoms with van der Waals surface area (Å²) in [6.45, 7) is 0.614. The van der Waals surface area contributed by atoms with E-state index in [9.17, 15) is 9.59 Å². The number of nitrogens with zero attached hydrogens (tertiary/aromatic N) is 1. The SMILES string of the molecule is O=C(O)c1ccc(CCNc2cc(=O)[nH]cn2)cc1. The van der Waals surface area contributed by atoms with E-state index in [2.05, 4.69) is 15.3 Å². The van der Waals surface area contributed by atoms with Gasteiger partial charge in [0.2, 0.25) is 0 Å². The number of H-pyrrole nitrogens is 1. The molecular formula is C13H13N3O3. The van der Waals surface area contributed by atoms with Crippen LogP contribution in [0.4, 0.5) is 5.82 Å². The van der Waals surface area contributed by atoms with E-state index in [0.717, 1.165) is 5.56 Å². The Labute approximate surface area is 109 Å². The number of nitrogens with one attached hydrogen (secondary N) is 2. The lowest BCUT2D eigenvalue weighted by atomic mass is 10.1. The number of carbonyl (C=O) groups is 1. The summed E-state index contributed by atoms with van der Waals surface area (Å²) in [5.74, 6) is -0.414. The highest BCUT2D eigenvalue weighted by atomic mass is 16.4.